The highest BCUT2D eigenvalue weighted by molar-refractivity contribution is 5.90. The topological polar surface area (TPSA) is 95.3 Å². The number of aromatic nitrogens is 3. The van der Waals surface area contributed by atoms with Gasteiger partial charge in [0.2, 0.25) is 5.91 Å². The van der Waals surface area contributed by atoms with E-state index in [4.69, 9.17) is 0 Å². The molecule has 1 aliphatic heterocycles. The van der Waals surface area contributed by atoms with Crippen LogP contribution in [0.3, 0.4) is 0 Å². The number of rotatable bonds is 7. The number of aliphatic hydroxyl groups excluding tert-OH is 1. The van der Waals surface area contributed by atoms with Crippen LogP contribution in [0, 0.1) is 5.92 Å². The average molecular weight is 469 g/mol. The van der Waals surface area contributed by atoms with E-state index in [-0.39, 0.29) is 35.8 Å². The number of nitrogens with one attached hydrogen (secondary N) is 2. The van der Waals surface area contributed by atoms with Crippen molar-refractivity contribution in [1.29, 1.82) is 0 Å². The summed E-state index contributed by atoms with van der Waals surface area (Å²) in [5.74, 6) is 0.370. The van der Waals surface area contributed by atoms with Crippen LogP contribution in [0.2, 0.25) is 0 Å². The number of amides is 1. The molecular weight excluding hydrogens is 437 g/mol. The molecule has 2 aliphatic rings. The molecule has 1 amide bonds. The van der Waals surface area contributed by atoms with E-state index < -0.39 is 11.7 Å². The molecule has 1 atom stereocenters. The van der Waals surface area contributed by atoms with Gasteiger partial charge in [-0.25, -0.2) is 9.67 Å². The summed E-state index contributed by atoms with van der Waals surface area (Å²) < 4.78 is 40.5. The number of aliphatic hydroxyl groups is 1. The fourth-order valence-corrected chi connectivity index (χ4v) is 4.96. The Morgan fingerprint density at radius 3 is 2.61 bits per heavy atom. The number of hydrogen-bond donors (Lipinski definition) is 3. The van der Waals surface area contributed by atoms with Crippen molar-refractivity contribution in [2.24, 2.45) is 13.0 Å². The van der Waals surface area contributed by atoms with E-state index in [1.54, 1.807) is 7.05 Å². The highest BCUT2D eigenvalue weighted by atomic mass is 19.4. The van der Waals surface area contributed by atoms with Crippen LogP contribution >= 0.6 is 0 Å². The first-order valence-electron chi connectivity index (χ1n) is 11.5. The molecule has 2 aromatic heterocycles. The summed E-state index contributed by atoms with van der Waals surface area (Å²) in [5.41, 5.74) is -0.551. The molecule has 1 unspecified atom stereocenters. The lowest BCUT2D eigenvalue weighted by Crippen LogP contribution is -2.63. The third-order valence-electron chi connectivity index (χ3n) is 6.92. The summed E-state index contributed by atoms with van der Waals surface area (Å²) in [6.07, 6.45) is 1.11. The van der Waals surface area contributed by atoms with E-state index >= 15 is 0 Å². The van der Waals surface area contributed by atoms with Gasteiger partial charge in [-0.3, -0.25) is 9.69 Å². The normalized spacial score (nSPS) is 23.3. The van der Waals surface area contributed by atoms with Crippen molar-refractivity contribution in [3.05, 3.63) is 17.8 Å². The number of anilines is 1. The van der Waals surface area contributed by atoms with Gasteiger partial charge in [0, 0.05) is 32.4 Å². The lowest BCUT2D eigenvalue weighted by molar-refractivity contribution is -0.137. The Kier molecular flexibility index (Phi) is 6.81. The van der Waals surface area contributed by atoms with Gasteiger partial charge in [-0.05, 0) is 44.1 Å². The van der Waals surface area contributed by atoms with Crippen molar-refractivity contribution in [3.63, 3.8) is 0 Å². The second kappa shape index (κ2) is 9.46. The van der Waals surface area contributed by atoms with Crippen LogP contribution in [0.25, 0.3) is 11.0 Å². The minimum absolute atomic E-state index is 0.0669. The standard InChI is InChI=1S/C22H31F3N6O2/c1-3-18(32)13-4-6-16(7-5-13)31-11-15(12-31)28-19(33)10-26-20-17-8-14(22(23,24)25)9-27-21(17)30(2)29-20/h8-9,13,15-16,18,32H,3-7,10-12H2,1-2H3,(H,26,29)(H,28,33)/t13-,16-,18?. The maximum absolute atomic E-state index is 13.0. The fourth-order valence-electron chi connectivity index (χ4n) is 4.96. The first kappa shape index (κ1) is 23.7. The van der Waals surface area contributed by atoms with Gasteiger partial charge in [-0.2, -0.15) is 18.3 Å². The Labute approximate surface area is 190 Å². The molecule has 1 saturated heterocycles. The van der Waals surface area contributed by atoms with Crippen molar-refractivity contribution in [3.8, 4) is 0 Å². The average Bonchev–Trinajstić information content (AvgIpc) is 3.08. The van der Waals surface area contributed by atoms with E-state index in [9.17, 15) is 23.1 Å². The van der Waals surface area contributed by atoms with Gasteiger partial charge in [-0.1, -0.05) is 6.92 Å². The maximum atomic E-state index is 13.0. The number of carbonyl (C=O) groups excluding carboxylic acids is 1. The first-order chi connectivity index (χ1) is 15.7. The van der Waals surface area contributed by atoms with Crippen molar-refractivity contribution in [2.75, 3.05) is 25.0 Å². The molecule has 2 fully saturated rings. The Balaban J connectivity index is 1.24. The van der Waals surface area contributed by atoms with Crippen LogP contribution in [0.4, 0.5) is 19.0 Å². The van der Waals surface area contributed by atoms with E-state index in [1.165, 1.54) is 4.68 Å². The molecule has 0 spiro atoms. The number of alkyl halides is 3. The minimum Gasteiger partial charge on any atom is -0.393 e. The minimum atomic E-state index is -4.50. The van der Waals surface area contributed by atoms with Gasteiger partial charge in [0.25, 0.3) is 0 Å². The summed E-state index contributed by atoms with van der Waals surface area (Å²) in [7, 11) is 1.59. The molecule has 4 rings (SSSR count). The van der Waals surface area contributed by atoms with E-state index in [2.05, 4.69) is 25.6 Å². The van der Waals surface area contributed by atoms with Crippen molar-refractivity contribution in [1.82, 2.24) is 25.0 Å². The van der Waals surface area contributed by atoms with Crippen molar-refractivity contribution in [2.45, 2.75) is 63.4 Å². The zero-order valence-corrected chi connectivity index (χ0v) is 18.9. The third kappa shape index (κ3) is 5.24. The van der Waals surface area contributed by atoms with E-state index in [0.717, 1.165) is 57.5 Å². The van der Waals surface area contributed by atoms with Gasteiger partial charge in [-0.15, -0.1) is 0 Å². The number of nitrogens with zero attached hydrogens (tertiary/aromatic N) is 4. The van der Waals surface area contributed by atoms with Gasteiger partial charge >= 0.3 is 6.18 Å². The summed E-state index contributed by atoms with van der Waals surface area (Å²) in [6, 6.07) is 1.57. The molecule has 0 aromatic carbocycles. The summed E-state index contributed by atoms with van der Waals surface area (Å²) in [5, 5.41) is 20.2. The van der Waals surface area contributed by atoms with Crippen molar-refractivity contribution < 1.29 is 23.1 Å². The van der Waals surface area contributed by atoms with Gasteiger partial charge < -0.3 is 15.7 Å². The smallest absolute Gasteiger partial charge is 0.393 e. The molecule has 0 radical (unpaired) electrons. The zero-order chi connectivity index (χ0) is 23.8. The Morgan fingerprint density at radius 2 is 1.97 bits per heavy atom. The quantitative estimate of drug-likeness (QED) is 0.578. The van der Waals surface area contributed by atoms with Crippen LogP contribution in [0.1, 0.15) is 44.6 Å². The maximum Gasteiger partial charge on any atom is 0.417 e. The summed E-state index contributed by atoms with van der Waals surface area (Å²) in [6.45, 7) is 3.52. The number of likely N-dealkylation sites (tertiary alicyclic amines) is 1. The predicted octanol–water partition coefficient (Wildman–Crippen LogP) is 2.53. The molecule has 11 heteroatoms. The number of hydrogen-bond acceptors (Lipinski definition) is 6. The molecule has 1 aliphatic carbocycles. The fraction of sp³-hybridized carbons (Fsp3) is 0.682. The molecule has 0 bridgehead atoms. The highest BCUT2D eigenvalue weighted by Gasteiger charge is 2.36. The van der Waals surface area contributed by atoms with Crippen LogP contribution in [-0.2, 0) is 18.0 Å². The molecule has 33 heavy (non-hydrogen) atoms. The molecule has 182 valence electrons. The van der Waals surface area contributed by atoms with E-state index in [1.807, 2.05) is 6.92 Å². The van der Waals surface area contributed by atoms with E-state index in [0.29, 0.717) is 17.6 Å². The van der Waals surface area contributed by atoms with Gasteiger partial charge in [0.1, 0.15) is 0 Å². The van der Waals surface area contributed by atoms with Gasteiger partial charge in [0.15, 0.2) is 11.5 Å². The van der Waals surface area contributed by atoms with Crippen LogP contribution in [0.15, 0.2) is 12.3 Å². The monoisotopic (exact) mass is 468 g/mol. The highest BCUT2D eigenvalue weighted by Crippen LogP contribution is 2.33. The van der Waals surface area contributed by atoms with Crippen LogP contribution in [-0.4, -0.2) is 68.5 Å². The third-order valence-corrected chi connectivity index (χ3v) is 6.92. The molecule has 3 N–H and O–H groups in total. The van der Waals surface area contributed by atoms with Gasteiger partial charge in [0.05, 0.1) is 29.6 Å². The number of pyridine rings is 1. The van der Waals surface area contributed by atoms with Crippen molar-refractivity contribution >= 4 is 22.8 Å². The Morgan fingerprint density at radius 1 is 1.27 bits per heavy atom. The second-order valence-electron chi connectivity index (χ2n) is 9.18. The molecule has 1 saturated carbocycles. The lowest BCUT2D eigenvalue weighted by atomic mass is 9.80. The van der Waals surface area contributed by atoms with Crippen LogP contribution < -0.4 is 10.6 Å². The molecule has 8 nitrogen and oxygen atoms in total. The number of aryl methyl sites for hydroxylation is 1. The lowest BCUT2D eigenvalue weighted by Gasteiger charge is -2.47. The zero-order valence-electron chi connectivity index (χ0n) is 18.9. The summed E-state index contributed by atoms with van der Waals surface area (Å²) in [4.78, 5) is 18.6. The number of fused-ring (bicyclic) bond motifs is 1. The number of carbonyl (C=O) groups is 1. The Bertz CT molecular complexity index is 980. The predicted molar refractivity (Wildman–Crippen MR) is 118 cm³/mol. The second-order valence-corrected chi connectivity index (χ2v) is 9.18. The Hall–Kier alpha value is -2.40. The molecular formula is C22H31F3N6O2. The SMILES string of the molecule is CCC(O)[C@H]1CC[C@H](N2CC(NC(=O)CNc3nn(C)c4ncc(C(F)(F)F)cc34)C2)CC1. The van der Waals surface area contributed by atoms with Crippen LogP contribution in [0.5, 0.6) is 0 Å². The number of halogens is 3. The first-order valence-corrected chi connectivity index (χ1v) is 11.5. The molecule has 2 aromatic rings. The largest absolute Gasteiger partial charge is 0.417 e. The summed E-state index contributed by atoms with van der Waals surface area (Å²) >= 11 is 0. The molecule has 3 heterocycles.